The number of aromatic amines is 1. The van der Waals surface area contributed by atoms with Crippen molar-refractivity contribution in [1.29, 1.82) is 0 Å². The van der Waals surface area contributed by atoms with Gasteiger partial charge in [-0.15, -0.1) is 11.3 Å². The number of hydrogen-bond acceptors (Lipinski definition) is 8. The van der Waals surface area contributed by atoms with E-state index >= 15 is 0 Å². The smallest absolute Gasteiger partial charge is 0.226 e. The van der Waals surface area contributed by atoms with Gasteiger partial charge in [-0.2, -0.15) is 5.10 Å². The average Bonchev–Trinajstić information content (AvgIpc) is 3.53. The molecule has 1 fully saturated rings. The normalized spacial score (nSPS) is 19.0. The predicted octanol–water partition coefficient (Wildman–Crippen LogP) is 4.60. The van der Waals surface area contributed by atoms with Crippen LogP contribution in [0.15, 0.2) is 65.1 Å². The van der Waals surface area contributed by atoms with Crippen molar-refractivity contribution in [3.8, 4) is 0 Å². The number of H-pyrrole nitrogens is 1. The zero-order valence-corrected chi connectivity index (χ0v) is 20.8. The van der Waals surface area contributed by atoms with E-state index in [4.69, 9.17) is 9.72 Å². The molecule has 0 saturated carbocycles. The van der Waals surface area contributed by atoms with Crippen LogP contribution in [0.3, 0.4) is 0 Å². The van der Waals surface area contributed by atoms with Gasteiger partial charge in [0.15, 0.2) is 9.84 Å². The molecule has 6 rings (SSSR count). The number of morpholine rings is 1. The fourth-order valence-corrected chi connectivity index (χ4v) is 5.97. The number of nitrogens with zero attached hydrogens (tertiary/aromatic N) is 4. The molecule has 35 heavy (non-hydrogen) atoms. The maximum absolute atomic E-state index is 12.2. The van der Waals surface area contributed by atoms with Gasteiger partial charge in [-0.25, -0.2) is 18.4 Å². The average molecular weight is 506 g/mol. The Morgan fingerprint density at radius 2 is 1.97 bits per heavy atom. The summed E-state index contributed by atoms with van der Waals surface area (Å²) in [6.07, 6.45) is 4.23. The molecule has 10 heteroatoms. The van der Waals surface area contributed by atoms with Crippen LogP contribution >= 0.6 is 11.3 Å². The second-order valence-corrected chi connectivity index (χ2v) is 11.8. The topological polar surface area (TPSA) is 101 Å². The summed E-state index contributed by atoms with van der Waals surface area (Å²) < 4.78 is 32.1. The van der Waals surface area contributed by atoms with Gasteiger partial charge < -0.3 is 9.64 Å². The van der Waals surface area contributed by atoms with Crippen molar-refractivity contribution in [2.75, 3.05) is 24.2 Å². The van der Waals surface area contributed by atoms with Crippen LogP contribution in [0.2, 0.25) is 0 Å². The number of thiophene rings is 1. The molecule has 1 aliphatic heterocycles. The van der Waals surface area contributed by atoms with Crippen molar-refractivity contribution in [2.45, 2.75) is 24.0 Å². The van der Waals surface area contributed by atoms with Crippen LogP contribution in [0.25, 0.3) is 21.1 Å². The number of hydrogen-bond donors (Lipinski definition) is 1. The zero-order valence-electron chi connectivity index (χ0n) is 19.2. The number of anilines is 1. The molecular weight excluding hydrogens is 482 g/mol. The molecule has 2 aromatic carbocycles. The lowest BCUT2D eigenvalue weighted by Gasteiger charge is -2.39. The molecule has 4 heterocycles. The van der Waals surface area contributed by atoms with Crippen LogP contribution in [0, 0.1) is 6.92 Å². The Morgan fingerprint density at radius 3 is 2.83 bits per heavy atom. The van der Waals surface area contributed by atoms with E-state index in [0.717, 1.165) is 37.8 Å². The molecule has 0 amide bonds. The number of aromatic nitrogens is 4. The summed E-state index contributed by atoms with van der Waals surface area (Å²) in [6.45, 7) is 3.10. The Hall–Kier alpha value is -3.34. The Kier molecular flexibility index (Phi) is 5.32. The largest absolute Gasteiger partial charge is 0.362 e. The van der Waals surface area contributed by atoms with Gasteiger partial charge in [0, 0.05) is 11.6 Å². The van der Waals surface area contributed by atoms with E-state index in [1.54, 1.807) is 29.5 Å². The van der Waals surface area contributed by atoms with Gasteiger partial charge >= 0.3 is 0 Å². The van der Waals surface area contributed by atoms with Crippen molar-refractivity contribution in [1.82, 2.24) is 20.2 Å². The number of benzene rings is 2. The fourth-order valence-electron chi connectivity index (χ4n) is 4.61. The van der Waals surface area contributed by atoms with Crippen LogP contribution < -0.4 is 4.90 Å². The molecule has 1 saturated heterocycles. The lowest BCUT2D eigenvalue weighted by molar-refractivity contribution is -0.0291. The quantitative estimate of drug-likeness (QED) is 0.381. The summed E-state index contributed by atoms with van der Waals surface area (Å²) in [6, 6.07) is 13.1. The van der Waals surface area contributed by atoms with Gasteiger partial charge in [0.1, 0.15) is 12.2 Å². The Morgan fingerprint density at radius 1 is 1.11 bits per heavy atom. The highest BCUT2D eigenvalue weighted by molar-refractivity contribution is 7.90. The molecule has 0 radical (unpaired) electrons. The standard InChI is InChI=1S/C25H23N5O3S2/c1-15-6-7-18(19-11-27-29-24(15)19)22-14-30(25-26-12-23-20(28-25)8-9-34-23)13-21(33-22)16-4-3-5-17(10-16)35(2,31)32/h3-12,21-22H,13-14H2,1-2H3,(H,27,29). The molecule has 178 valence electrons. The summed E-state index contributed by atoms with van der Waals surface area (Å²) in [5.41, 5.74) is 4.82. The minimum absolute atomic E-state index is 0.274. The van der Waals surface area contributed by atoms with Crippen molar-refractivity contribution < 1.29 is 13.2 Å². The minimum atomic E-state index is -3.34. The zero-order chi connectivity index (χ0) is 24.2. The summed E-state index contributed by atoms with van der Waals surface area (Å²) in [5.74, 6) is 0.629. The number of aryl methyl sites for hydroxylation is 1. The fraction of sp³-hybridized carbons (Fsp3) is 0.240. The Labute approximate surface area is 206 Å². The molecule has 0 bridgehead atoms. The van der Waals surface area contributed by atoms with Crippen LogP contribution in [0.4, 0.5) is 5.95 Å². The van der Waals surface area contributed by atoms with E-state index in [2.05, 4.69) is 32.2 Å². The van der Waals surface area contributed by atoms with Gasteiger partial charge in [0.2, 0.25) is 5.95 Å². The first-order chi connectivity index (χ1) is 16.9. The molecule has 0 spiro atoms. The van der Waals surface area contributed by atoms with Crippen molar-refractivity contribution in [3.05, 3.63) is 76.9 Å². The minimum Gasteiger partial charge on any atom is -0.362 e. The summed E-state index contributed by atoms with van der Waals surface area (Å²) >= 11 is 1.61. The lowest BCUT2D eigenvalue weighted by atomic mass is 9.99. The monoisotopic (exact) mass is 505 g/mol. The first-order valence-electron chi connectivity index (χ1n) is 11.2. The van der Waals surface area contributed by atoms with Crippen molar-refractivity contribution in [3.63, 3.8) is 0 Å². The third-order valence-electron chi connectivity index (χ3n) is 6.44. The molecule has 2 unspecified atom stereocenters. The summed E-state index contributed by atoms with van der Waals surface area (Å²) in [7, 11) is -3.34. The highest BCUT2D eigenvalue weighted by Crippen LogP contribution is 2.38. The molecule has 0 aliphatic carbocycles. The van der Waals surface area contributed by atoms with Gasteiger partial charge in [-0.3, -0.25) is 5.10 Å². The molecule has 1 aliphatic rings. The molecular formula is C25H23N5O3S2. The third kappa shape index (κ3) is 4.07. The first kappa shape index (κ1) is 22.1. The Bertz CT molecular complexity index is 1660. The van der Waals surface area contributed by atoms with Gasteiger partial charge in [0.25, 0.3) is 0 Å². The van der Waals surface area contributed by atoms with Gasteiger partial charge in [-0.05, 0) is 47.2 Å². The summed E-state index contributed by atoms with van der Waals surface area (Å²) in [5, 5.41) is 10.4. The van der Waals surface area contributed by atoms with Crippen LogP contribution in [0.5, 0.6) is 0 Å². The van der Waals surface area contributed by atoms with Crippen molar-refractivity contribution in [2.24, 2.45) is 0 Å². The SMILES string of the molecule is Cc1ccc(C2CN(c3ncc4sccc4n3)CC(c3cccc(S(C)(=O)=O)c3)O2)c2cn[nH]c12. The molecule has 1 N–H and O–H groups in total. The maximum Gasteiger partial charge on any atom is 0.226 e. The van der Waals surface area contributed by atoms with Gasteiger partial charge in [-0.1, -0.05) is 24.3 Å². The van der Waals surface area contributed by atoms with Crippen LogP contribution in [-0.4, -0.2) is 47.9 Å². The summed E-state index contributed by atoms with van der Waals surface area (Å²) in [4.78, 5) is 11.8. The molecule has 5 aromatic rings. The number of rotatable bonds is 4. The van der Waals surface area contributed by atoms with Gasteiger partial charge in [0.05, 0.1) is 46.1 Å². The van der Waals surface area contributed by atoms with E-state index in [1.165, 1.54) is 6.26 Å². The van der Waals surface area contributed by atoms with Crippen LogP contribution in [-0.2, 0) is 14.6 Å². The lowest BCUT2D eigenvalue weighted by Crippen LogP contribution is -2.41. The second kappa shape index (κ2) is 8.40. The highest BCUT2D eigenvalue weighted by Gasteiger charge is 2.33. The third-order valence-corrected chi connectivity index (χ3v) is 8.39. The molecule has 3 aromatic heterocycles. The van der Waals surface area contributed by atoms with Crippen LogP contribution in [0.1, 0.15) is 28.9 Å². The number of nitrogens with one attached hydrogen (secondary N) is 1. The van der Waals surface area contributed by atoms with E-state index in [1.807, 2.05) is 36.8 Å². The molecule has 8 nitrogen and oxygen atoms in total. The maximum atomic E-state index is 12.2. The second-order valence-electron chi connectivity index (χ2n) is 8.83. The Balaban J connectivity index is 1.44. The highest BCUT2D eigenvalue weighted by atomic mass is 32.2. The van der Waals surface area contributed by atoms with E-state index in [0.29, 0.717) is 19.0 Å². The van der Waals surface area contributed by atoms with E-state index in [9.17, 15) is 8.42 Å². The predicted molar refractivity (Wildman–Crippen MR) is 137 cm³/mol. The molecule has 2 atom stereocenters. The first-order valence-corrected chi connectivity index (χ1v) is 14.0. The van der Waals surface area contributed by atoms with E-state index in [-0.39, 0.29) is 17.1 Å². The number of fused-ring (bicyclic) bond motifs is 2. The number of ether oxygens (including phenoxy) is 1. The van der Waals surface area contributed by atoms with Crippen molar-refractivity contribution >= 4 is 48.2 Å². The number of sulfone groups is 1. The van der Waals surface area contributed by atoms with E-state index < -0.39 is 9.84 Å².